The Bertz CT molecular complexity index is 759. The van der Waals surface area contributed by atoms with Crippen molar-refractivity contribution in [3.63, 3.8) is 0 Å². The summed E-state index contributed by atoms with van der Waals surface area (Å²) in [5.41, 5.74) is 1.01. The van der Waals surface area contributed by atoms with E-state index in [-0.39, 0.29) is 41.2 Å². The van der Waals surface area contributed by atoms with E-state index in [1.54, 1.807) is 13.0 Å². The quantitative estimate of drug-likeness (QED) is 0.523. The number of phenols is 2. The van der Waals surface area contributed by atoms with E-state index >= 15 is 0 Å². The van der Waals surface area contributed by atoms with Crippen molar-refractivity contribution in [2.45, 2.75) is 33.0 Å². The second-order valence-corrected chi connectivity index (χ2v) is 6.79. The number of ether oxygens (including phenoxy) is 2. The predicted molar refractivity (Wildman–Crippen MR) is 101 cm³/mol. The normalized spacial score (nSPS) is 17.8. The number of aliphatic hydroxyl groups excluding tert-OH is 1. The van der Waals surface area contributed by atoms with Gasteiger partial charge in [0.1, 0.15) is 17.6 Å². The van der Waals surface area contributed by atoms with Crippen LogP contribution in [-0.2, 0) is 14.3 Å². The number of rotatable bonds is 7. The van der Waals surface area contributed by atoms with Crippen LogP contribution in [0, 0.1) is 5.92 Å². The number of carbonyl (C=O) groups is 1. The van der Waals surface area contributed by atoms with Crippen molar-refractivity contribution >= 4 is 23.3 Å². The average molecular weight is 398 g/mol. The summed E-state index contributed by atoms with van der Waals surface area (Å²) in [6, 6.07) is 2.53. The Balaban J connectivity index is 2.40. The molecule has 2 atom stereocenters. The standard InChI is InChI=1S/C19H24ClNO6/c1-4-26-19(25)12-8-21-14(6-17(12)27-18(9-22)10(2)3)11-5-13(20)16(24)7-15(11)23/h5-8,10,17-18,21-24H,4,9H2,1-3H3/t17-,18+/m1/s1. The SMILES string of the molecule is CCOC(=O)C1=CNC(c2cc(Cl)c(O)cc2O)=C[C@H]1O[C@@H](CO)C(C)C. The van der Waals surface area contributed by atoms with Crippen molar-refractivity contribution in [2.24, 2.45) is 5.92 Å². The van der Waals surface area contributed by atoms with Crippen LogP contribution in [0.5, 0.6) is 11.5 Å². The molecule has 1 aromatic carbocycles. The first-order valence-corrected chi connectivity index (χ1v) is 8.99. The van der Waals surface area contributed by atoms with Gasteiger partial charge in [-0.2, -0.15) is 0 Å². The summed E-state index contributed by atoms with van der Waals surface area (Å²) in [5, 5.41) is 32.3. The molecule has 0 spiro atoms. The minimum Gasteiger partial charge on any atom is -0.507 e. The molecule has 27 heavy (non-hydrogen) atoms. The molecule has 1 aliphatic heterocycles. The van der Waals surface area contributed by atoms with E-state index < -0.39 is 18.2 Å². The Morgan fingerprint density at radius 1 is 1.30 bits per heavy atom. The number of esters is 1. The highest BCUT2D eigenvalue weighted by Gasteiger charge is 2.29. The molecule has 1 aromatic rings. The lowest BCUT2D eigenvalue weighted by Crippen LogP contribution is -2.35. The third kappa shape index (κ3) is 4.94. The highest BCUT2D eigenvalue weighted by molar-refractivity contribution is 6.32. The van der Waals surface area contributed by atoms with Gasteiger partial charge in [-0.15, -0.1) is 0 Å². The maximum atomic E-state index is 12.3. The molecule has 1 heterocycles. The summed E-state index contributed by atoms with van der Waals surface area (Å²) in [6.45, 7) is 5.49. The van der Waals surface area contributed by atoms with Gasteiger partial charge in [0.2, 0.25) is 0 Å². The van der Waals surface area contributed by atoms with Gasteiger partial charge in [0.15, 0.2) is 0 Å². The first-order valence-electron chi connectivity index (χ1n) is 8.62. The summed E-state index contributed by atoms with van der Waals surface area (Å²) in [4.78, 5) is 12.3. The molecular formula is C19H24ClNO6. The van der Waals surface area contributed by atoms with E-state index in [4.69, 9.17) is 21.1 Å². The molecular weight excluding hydrogens is 374 g/mol. The van der Waals surface area contributed by atoms with E-state index in [1.165, 1.54) is 12.3 Å². The smallest absolute Gasteiger partial charge is 0.338 e. The first kappa shape index (κ1) is 21.1. The van der Waals surface area contributed by atoms with Gasteiger partial charge in [0.25, 0.3) is 0 Å². The number of nitrogens with one attached hydrogen (secondary N) is 1. The molecule has 0 aliphatic carbocycles. The fraction of sp³-hybridized carbons (Fsp3) is 0.421. The molecule has 7 nitrogen and oxygen atoms in total. The van der Waals surface area contributed by atoms with Crippen LogP contribution in [0.4, 0.5) is 0 Å². The number of phenolic OH excluding ortho intramolecular Hbond substituents is 2. The van der Waals surface area contributed by atoms with Gasteiger partial charge in [-0.05, 0) is 25.0 Å². The second-order valence-electron chi connectivity index (χ2n) is 6.39. The maximum Gasteiger partial charge on any atom is 0.338 e. The Hall–Kier alpha value is -2.22. The zero-order chi connectivity index (χ0) is 20.1. The van der Waals surface area contributed by atoms with Crippen molar-refractivity contribution in [1.82, 2.24) is 5.32 Å². The maximum absolute atomic E-state index is 12.3. The van der Waals surface area contributed by atoms with Crippen LogP contribution >= 0.6 is 11.6 Å². The summed E-state index contributed by atoms with van der Waals surface area (Å²) in [6.07, 6.45) is 1.74. The van der Waals surface area contributed by atoms with Gasteiger partial charge < -0.3 is 30.1 Å². The van der Waals surface area contributed by atoms with Gasteiger partial charge in [-0.25, -0.2) is 4.79 Å². The van der Waals surface area contributed by atoms with Crippen LogP contribution in [0.1, 0.15) is 26.3 Å². The molecule has 4 N–H and O–H groups in total. The minimum absolute atomic E-state index is 0.0155. The van der Waals surface area contributed by atoms with Gasteiger partial charge >= 0.3 is 5.97 Å². The van der Waals surface area contributed by atoms with Crippen LogP contribution in [0.25, 0.3) is 5.70 Å². The van der Waals surface area contributed by atoms with Crippen molar-refractivity contribution in [3.8, 4) is 11.5 Å². The molecule has 8 heteroatoms. The summed E-state index contributed by atoms with van der Waals surface area (Å²) in [5.74, 6) is -0.963. The summed E-state index contributed by atoms with van der Waals surface area (Å²) < 4.78 is 11.0. The first-order chi connectivity index (χ1) is 12.8. The zero-order valence-corrected chi connectivity index (χ0v) is 16.2. The molecule has 0 amide bonds. The van der Waals surface area contributed by atoms with E-state index in [9.17, 15) is 20.1 Å². The molecule has 0 fully saturated rings. The zero-order valence-electron chi connectivity index (χ0n) is 15.4. The number of aromatic hydroxyl groups is 2. The van der Waals surface area contributed by atoms with E-state index in [0.29, 0.717) is 11.3 Å². The van der Waals surface area contributed by atoms with Gasteiger partial charge in [-0.1, -0.05) is 25.4 Å². The van der Waals surface area contributed by atoms with Crippen LogP contribution in [0.2, 0.25) is 5.02 Å². The topological polar surface area (TPSA) is 108 Å². The van der Waals surface area contributed by atoms with E-state index in [1.807, 2.05) is 13.8 Å². The highest BCUT2D eigenvalue weighted by Crippen LogP contribution is 2.35. The Labute approximate surface area is 162 Å². The largest absolute Gasteiger partial charge is 0.507 e. The van der Waals surface area contributed by atoms with Crippen molar-refractivity contribution in [1.29, 1.82) is 0 Å². The summed E-state index contributed by atoms with van der Waals surface area (Å²) in [7, 11) is 0. The molecule has 0 saturated heterocycles. The molecule has 1 aliphatic rings. The minimum atomic E-state index is -0.799. The monoisotopic (exact) mass is 397 g/mol. The number of carbonyl (C=O) groups excluding carboxylic acids is 1. The lowest BCUT2D eigenvalue weighted by atomic mass is 10.0. The number of halogens is 1. The van der Waals surface area contributed by atoms with Gasteiger partial charge in [-0.3, -0.25) is 0 Å². The van der Waals surface area contributed by atoms with Crippen molar-refractivity contribution in [2.75, 3.05) is 13.2 Å². The predicted octanol–water partition coefficient (Wildman–Crippen LogP) is 2.54. The molecule has 0 saturated carbocycles. The Kier molecular flexibility index (Phi) is 7.12. The molecule has 0 aromatic heterocycles. The second kappa shape index (κ2) is 9.12. The molecule has 0 radical (unpaired) electrons. The van der Waals surface area contributed by atoms with E-state index in [2.05, 4.69) is 5.32 Å². The van der Waals surface area contributed by atoms with Crippen LogP contribution in [0.15, 0.2) is 30.0 Å². The lowest BCUT2D eigenvalue weighted by molar-refractivity contribution is -0.140. The fourth-order valence-electron chi connectivity index (χ4n) is 2.56. The van der Waals surface area contributed by atoms with Crippen LogP contribution in [-0.4, -0.2) is 46.7 Å². The molecule has 0 unspecified atom stereocenters. The van der Waals surface area contributed by atoms with Crippen molar-refractivity contribution < 1.29 is 29.6 Å². The Morgan fingerprint density at radius 2 is 2.00 bits per heavy atom. The number of dihydropyridines is 1. The van der Waals surface area contributed by atoms with Gasteiger partial charge in [0.05, 0.1) is 29.9 Å². The number of aliphatic hydroxyl groups is 1. The van der Waals surface area contributed by atoms with Crippen LogP contribution < -0.4 is 5.32 Å². The number of benzene rings is 1. The lowest BCUT2D eigenvalue weighted by Gasteiger charge is -2.28. The highest BCUT2D eigenvalue weighted by atomic mass is 35.5. The van der Waals surface area contributed by atoms with Crippen molar-refractivity contribution in [3.05, 3.63) is 40.6 Å². The molecule has 2 rings (SSSR count). The average Bonchev–Trinajstić information content (AvgIpc) is 2.62. The Morgan fingerprint density at radius 3 is 2.59 bits per heavy atom. The summed E-state index contributed by atoms with van der Waals surface area (Å²) >= 11 is 5.94. The van der Waals surface area contributed by atoms with Crippen LogP contribution in [0.3, 0.4) is 0 Å². The molecule has 0 bridgehead atoms. The third-order valence-corrected chi connectivity index (χ3v) is 4.42. The van der Waals surface area contributed by atoms with Gasteiger partial charge in [0, 0.05) is 23.5 Å². The number of hydrogen-bond donors (Lipinski definition) is 4. The van der Waals surface area contributed by atoms with E-state index in [0.717, 1.165) is 6.07 Å². The molecule has 148 valence electrons. The third-order valence-electron chi connectivity index (χ3n) is 4.12. The number of hydrogen-bond acceptors (Lipinski definition) is 7. The fourth-order valence-corrected chi connectivity index (χ4v) is 2.73.